The molecule has 122 valence electrons. The van der Waals surface area contributed by atoms with Crippen LogP contribution in [0.5, 0.6) is 0 Å². The zero-order valence-corrected chi connectivity index (χ0v) is 14.4. The van der Waals surface area contributed by atoms with Crippen molar-refractivity contribution >= 4 is 0 Å². The summed E-state index contributed by atoms with van der Waals surface area (Å²) in [4.78, 5) is 2.50. The number of ether oxygens (including phenoxy) is 1. The zero-order valence-electron chi connectivity index (χ0n) is 14.4. The molecule has 0 radical (unpaired) electrons. The van der Waals surface area contributed by atoms with Crippen molar-refractivity contribution in [2.75, 3.05) is 33.4 Å². The van der Waals surface area contributed by atoms with Crippen LogP contribution in [0.15, 0.2) is 0 Å². The molecule has 0 fully saturated rings. The van der Waals surface area contributed by atoms with E-state index in [-0.39, 0.29) is 12.1 Å². The fraction of sp³-hybridized carbons (Fsp3) is 1.00. The lowest BCUT2D eigenvalue weighted by Gasteiger charge is -2.36. The van der Waals surface area contributed by atoms with Gasteiger partial charge in [-0.3, -0.25) is 4.90 Å². The molecule has 0 heterocycles. The minimum Gasteiger partial charge on any atom is -0.394 e. The summed E-state index contributed by atoms with van der Waals surface area (Å²) in [5.74, 6) is 0. The molecule has 1 unspecified atom stereocenters. The molecule has 0 aromatic carbocycles. The van der Waals surface area contributed by atoms with Gasteiger partial charge in [0, 0.05) is 37.8 Å². The predicted octanol–water partition coefficient (Wildman–Crippen LogP) is 2.26. The summed E-state index contributed by atoms with van der Waals surface area (Å²) >= 11 is 0. The first-order valence-electron chi connectivity index (χ1n) is 8.03. The number of rotatable bonds is 12. The molecule has 0 amide bonds. The first-order chi connectivity index (χ1) is 9.42. The van der Waals surface area contributed by atoms with Gasteiger partial charge < -0.3 is 15.2 Å². The summed E-state index contributed by atoms with van der Waals surface area (Å²) in [6.07, 6.45) is 3.27. The van der Waals surface area contributed by atoms with Gasteiger partial charge in [0.15, 0.2) is 0 Å². The summed E-state index contributed by atoms with van der Waals surface area (Å²) in [6, 6.07) is 0.986. The van der Waals surface area contributed by atoms with E-state index in [1.807, 2.05) is 0 Å². The molecule has 1 atom stereocenters. The lowest BCUT2D eigenvalue weighted by atomic mass is 9.96. The fourth-order valence-electron chi connectivity index (χ4n) is 2.77. The maximum absolute atomic E-state index is 9.67. The summed E-state index contributed by atoms with van der Waals surface area (Å²) < 4.78 is 5.23. The highest BCUT2D eigenvalue weighted by atomic mass is 16.5. The third-order valence-corrected chi connectivity index (χ3v) is 3.98. The first-order valence-corrected chi connectivity index (χ1v) is 8.03. The van der Waals surface area contributed by atoms with E-state index in [0.29, 0.717) is 12.1 Å². The Morgan fingerprint density at radius 3 is 2.20 bits per heavy atom. The van der Waals surface area contributed by atoms with Gasteiger partial charge in [-0.25, -0.2) is 0 Å². The summed E-state index contributed by atoms with van der Waals surface area (Å²) in [5, 5.41) is 13.2. The minimum atomic E-state index is -0.203. The smallest absolute Gasteiger partial charge is 0.0611 e. The van der Waals surface area contributed by atoms with Crippen molar-refractivity contribution in [3.63, 3.8) is 0 Å². The Hall–Kier alpha value is -0.160. The largest absolute Gasteiger partial charge is 0.394 e. The van der Waals surface area contributed by atoms with E-state index in [9.17, 15) is 5.11 Å². The van der Waals surface area contributed by atoms with Crippen molar-refractivity contribution in [2.45, 2.75) is 71.5 Å². The molecule has 0 rings (SSSR count). The number of aliphatic hydroxyl groups is 1. The zero-order chi connectivity index (χ0) is 15.6. The van der Waals surface area contributed by atoms with Crippen molar-refractivity contribution in [3.8, 4) is 0 Å². The second kappa shape index (κ2) is 10.6. The van der Waals surface area contributed by atoms with Crippen LogP contribution in [0.2, 0.25) is 0 Å². The van der Waals surface area contributed by atoms with Crippen molar-refractivity contribution in [1.29, 1.82) is 0 Å². The number of nitrogens with one attached hydrogen (secondary N) is 1. The van der Waals surface area contributed by atoms with Gasteiger partial charge in [0.25, 0.3) is 0 Å². The monoisotopic (exact) mass is 288 g/mol. The number of hydrogen-bond donors (Lipinski definition) is 2. The fourth-order valence-corrected chi connectivity index (χ4v) is 2.77. The standard InChI is InChI=1S/C16H36N2O2/c1-7-15(8-2)18(11-12-20-6)10-9-16(5,13-19)17-14(3)4/h14-15,17,19H,7-13H2,1-6H3. The molecular formula is C16H36N2O2. The van der Waals surface area contributed by atoms with Crippen LogP contribution in [0.3, 0.4) is 0 Å². The van der Waals surface area contributed by atoms with Crippen LogP contribution in [0, 0.1) is 0 Å². The lowest BCUT2D eigenvalue weighted by Crippen LogP contribution is -2.51. The molecule has 0 aliphatic heterocycles. The molecule has 4 nitrogen and oxygen atoms in total. The number of aliphatic hydroxyl groups excluding tert-OH is 1. The van der Waals surface area contributed by atoms with Gasteiger partial charge in [-0.15, -0.1) is 0 Å². The van der Waals surface area contributed by atoms with Gasteiger partial charge in [0.1, 0.15) is 0 Å². The van der Waals surface area contributed by atoms with Crippen LogP contribution in [0.4, 0.5) is 0 Å². The highest BCUT2D eigenvalue weighted by Crippen LogP contribution is 2.15. The molecule has 20 heavy (non-hydrogen) atoms. The number of hydrogen-bond acceptors (Lipinski definition) is 4. The van der Waals surface area contributed by atoms with E-state index in [4.69, 9.17) is 4.74 Å². The van der Waals surface area contributed by atoms with Crippen molar-refractivity contribution in [3.05, 3.63) is 0 Å². The predicted molar refractivity (Wildman–Crippen MR) is 86.2 cm³/mol. The Balaban J connectivity index is 4.55. The van der Waals surface area contributed by atoms with Crippen molar-refractivity contribution in [2.24, 2.45) is 0 Å². The van der Waals surface area contributed by atoms with Crippen molar-refractivity contribution < 1.29 is 9.84 Å². The molecule has 0 aliphatic carbocycles. The van der Waals surface area contributed by atoms with Gasteiger partial charge >= 0.3 is 0 Å². The van der Waals surface area contributed by atoms with Crippen LogP contribution in [-0.2, 0) is 4.74 Å². The highest BCUT2D eigenvalue weighted by molar-refractivity contribution is 4.86. The van der Waals surface area contributed by atoms with Crippen molar-refractivity contribution in [1.82, 2.24) is 10.2 Å². The average Bonchev–Trinajstić information content (AvgIpc) is 2.41. The second-order valence-corrected chi connectivity index (χ2v) is 6.27. The normalized spacial score (nSPS) is 15.3. The lowest BCUT2D eigenvalue weighted by molar-refractivity contribution is 0.0913. The molecule has 0 spiro atoms. The molecule has 0 aromatic heterocycles. The van der Waals surface area contributed by atoms with Gasteiger partial charge in [0.05, 0.1) is 13.2 Å². The van der Waals surface area contributed by atoms with Gasteiger partial charge in [-0.2, -0.15) is 0 Å². The van der Waals surface area contributed by atoms with Crippen LogP contribution >= 0.6 is 0 Å². The van der Waals surface area contributed by atoms with E-state index >= 15 is 0 Å². The maximum atomic E-state index is 9.67. The summed E-state index contributed by atoms with van der Waals surface area (Å²) in [6.45, 7) is 13.7. The first kappa shape index (κ1) is 19.8. The minimum absolute atomic E-state index is 0.173. The van der Waals surface area contributed by atoms with E-state index in [2.05, 4.69) is 44.8 Å². The third-order valence-electron chi connectivity index (χ3n) is 3.98. The Bertz CT molecular complexity index is 233. The second-order valence-electron chi connectivity index (χ2n) is 6.27. The van der Waals surface area contributed by atoms with Crippen LogP contribution in [0.1, 0.15) is 53.9 Å². The SMILES string of the molecule is CCC(CC)N(CCOC)CCC(C)(CO)NC(C)C. The molecular weight excluding hydrogens is 252 g/mol. The van der Waals surface area contributed by atoms with E-state index in [1.165, 1.54) is 0 Å². The Morgan fingerprint density at radius 2 is 1.80 bits per heavy atom. The van der Waals surface area contributed by atoms with Gasteiger partial charge in [-0.1, -0.05) is 27.7 Å². The quantitative estimate of drug-likeness (QED) is 0.578. The number of methoxy groups -OCH3 is 1. The Morgan fingerprint density at radius 1 is 1.20 bits per heavy atom. The number of nitrogens with zero attached hydrogens (tertiary/aromatic N) is 1. The van der Waals surface area contributed by atoms with Gasteiger partial charge in [0.2, 0.25) is 0 Å². The van der Waals surface area contributed by atoms with E-state index in [1.54, 1.807) is 7.11 Å². The Kier molecular flexibility index (Phi) is 10.5. The van der Waals surface area contributed by atoms with Crippen LogP contribution < -0.4 is 5.32 Å². The van der Waals surface area contributed by atoms with Gasteiger partial charge in [-0.05, 0) is 26.2 Å². The highest BCUT2D eigenvalue weighted by Gasteiger charge is 2.26. The molecule has 0 bridgehead atoms. The Labute approximate surface area is 125 Å². The van der Waals surface area contributed by atoms with Crippen LogP contribution in [0.25, 0.3) is 0 Å². The topological polar surface area (TPSA) is 44.7 Å². The third kappa shape index (κ3) is 7.58. The molecule has 0 saturated heterocycles. The molecule has 0 aromatic rings. The average molecular weight is 288 g/mol. The maximum Gasteiger partial charge on any atom is 0.0611 e. The molecule has 0 aliphatic rings. The van der Waals surface area contributed by atoms with E-state index in [0.717, 1.165) is 39.0 Å². The molecule has 4 heteroatoms. The van der Waals surface area contributed by atoms with Crippen LogP contribution in [-0.4, -0.2) is 61.0 Å². The summed E-state index contributed by atoms with van der Waals surface area (Å²) in [5.41, 5.74) is -0.203. The molecule has 2 N–H and O–H groups in total. The summed E-state index contributed by atoms with van der Waals surface area (Å²) in [7, 11) is 1.75. The molecule has 0 saturated carbocycles. The van der Waals surface area contributed by atoms with E-state index < -0.39 is 0 Å².